The minimum atomic E-state index is 0.0837. The Kier molecular flexibility index (Phi) is 6.49. The summed E-state index contributed by atoms with van der Waals surface area (Å²) in [6.07, 6.45) is 6.97. The molecule has 140 valence electrons. The molecule has 7 heteroatoms. The topological polar surface area (TPSA) is 70.9 Å². The highest BCUT2D eigenvalue weighted by Gasteiger charge is 2.13. The van der Waals surface area contributed by atoms with E-state index in [2.05, 4.69) is 22.0 Å². The number of aromatic amines is 1. The highest BCUT2D eigenvalue weighted by Crippen LogP contribution is 2.38. The minimum Gasteiger partial charge on any atom is -0.490 e. The Morgan fingerprint density at radius 2 is 2.18 bits per heavy atom. The van der Waals surface area contributed by atoms with Gasteiger partial charge in [-0.25, -0.2) is 4.98 Å². The fourth-order valence-electron chi connectivity index (χ4n) is 2.51. The Labute approximate surface area is 172 Å². The third-order valence-electron chi connectivity index (χ3n) is 3.61. The number of para-hydroxylation sites is 2. The van der Waals surface area contributed by atoms with Gasteiger partial charge >= 0.3 is 0 Å². The van der Waals surface area contributed by atoms with Crippen molar-refractivity contribution in [2.24, 2.45) is 0 Å². The standard InChI is InChI=1S/C21H16ClN3O2S/c1-3-9-27-20-16(22)11-14(12-19(20)26-4-2)10-15(13-23)28-21-24-17-7-5-6-8-18(17)25-21/h1,5-8,10-12H,4,9H2,2H3,(H,24,25)/b15-10+. The Bertz CT molecular complexity index is 1080. The fourth-order valence-corrected chi connectivity index (χ4v) is 3.53. The number of hydrogen-bond acceptors (Lipinski definition) is 5. The average Bonchev–Trinajstić information content (AvgIpc) is 3.09. The number of thioether (sulfide) groups is 1. The highest BCUT2D eigenvalue weighted by atomic mass is 35.5. The van der Waals surface area contributed by atoms with E-state index in [1.807, 2.05) is 31.2 Å². The maximum absolute atomic E-state index is 9.54. The molecule has 0 aliphatic carbocycles. The summed E-state index contributed by atoms with van der Waals surface area (Å²) < 4.78 is 11.1. The van der Waals surface area contributed by atoms with Crippen molar-refractivity contribution in [1.29, 1.82) is 5.26 Å². The molecule has 0 aliphatic rings. The molecule has 0 saturated heterocycles. The summed E-state index contributed by atoms with van der Waals surface area (Å²) in [6, 6.07) is 13.3. The van der Waals surface area contributed by atoms with Crippen LogP contribution in [0.2, 0.25) is 5.02 Å². The normalized spacial score (nSPS) is 11.1. The second kappa shape index (κ2) is 9.23. The van der Waals surface area contributed by atoms with Gasteiger partial charge in [0.1, 0.15) is 12.7 Å². The first-order valence-electron chi connectivity index (χ1n) is 8.41. The lowest BCUT2D eigenvalue weighted by Crippen LogP contribution is -2.00. The van der Waals surface area contributed by atoms with Crippen LogP contribution in [0, 0.1) is 23.7 Å². The summed E-state index contributed by atoms with van der Waals surface area (Å²) in [5, 5.41) is 10.5. The molecule has 28 heavy (non-hydrogen) atoms. The molecular weight excluding hydrogens is 394 g/mol. The van der Waals surface area contributed by atoms with E-state index in [1.165, 1.54) is 11.8 Å². The Balaban J connectivity index is 1.91. The second-order valence-corrected chi connectivity index (χ2v) is 6.98. The minimum absolute atomic E-state index is 0.0837. The Hall–Kier alpha value is -3.06. The van der Waals surface area contributed by atoms with Gasteiger partial charge in [-0.2, -0.15) is 5.26 Å². The number of benzene rings is 2. The lowest BCUT2D eigenvalue weighted by atomic mass is 10.2. The molecule has 3 rings (SSSR count). The first kappa shape index (κ1) is 19.7. The largest absolute Gasteiger partial charge is 0.490 e. The number of ether oxygens (including phenoxy) is 2. The number of H-pyrrole nitrogens is 1. The Morgan fingerprint density at radius 1 is 1.36 bits per heavy atom. The van der Waals surface area contributed by atoms with Gasteiger partial charge in [0, 0.05) is 0 Å². The lowest BCUT2D eigenvalue weighted by Gasteiger charge is -2.13. The molecule has 0 aliphatic heterocycles. The molecule has 1 heterocycles. The molecule has 0 radical (unpaired) electrons. The van der Waals surface area contributed by atoms with Gasteiger partial charge < -0.3 is 14.5 Å². The number of hydrogen-bond donors (Lipinski definition) is 1. The van der Waals surface area contributed by atoms with Crippen molar-refractivity contribution in [3.63, 3.8) is 0 Å². The maximum Gasteiger partial charge on any atom is 0.181 e. The number of nitrogens with one attached hydrogen (secondary N) is 1. The summed E-state index contributed by atoms with van der Waals surface area (Å²) in [4.78, 5) is 8.13. The molecule has 0 amide bonds. The molecular formula is C21H16ClN3O2S. The van der Waals surface area contributed by atoms with Crippen molar-refractivity contribution < 1.29 is 9.47 Å². The first-order chi connectivity index (χ1) is 13.6. The van der Waals surface area contributed by atoms with Gasteiger partial charge in [0.25, 0.3) is 0 Å². The zero-order valence-electron chi connectivity index (χ0n) is 15.0. The van der Waals surface area contributed by atoms with Crippen LogP contribution in [0.1, 0.15) is 12.5 Å². The molecule has 0 unspecified atom stereocenters. The first-order valence-corrected chi connectivity index (χ1v) is 9.61. The van der Waals surface area contributed by atoms with E-state index in [0.29, 0.717) is 38.8 Å². The monoisotopic (exact) mass is 409 g/mol. The number of fused-ring (bicyclic) bond motifs is 1. The van der Waals surface area contributed by atoms with E-state index in [-0.39, 0.29) is 6.61 Å². The second-order valence-electron chi connectivity index (χ2n) is 5.54. The van der Waals surface area contributed by atoms with Crippen molar-refractivity contribution in [2.75, 3.05) is 13.2 Å². The lowest BCUT2D eigenvalue weighted by molar-refractivity contribution is 0.299. The number of aromatic nitrogens is 2. The maximum atomic E-state index is 9.54. The predicted octanol–water partition coefficient (Wildman–Crippen LogP) is 5.28. The van der Waals surface area contributed by atoms with Crippen LogP contribution in [-0.4, -0.2) is 23.2 Å². The van der Waals surface area contributed by atoms with Crippen LogP contribution < -0.4 is 9.47 Å². The van der Waals surface area contributed by atoms with E-state index in [4.69, 9.17) is 27.5 Å². The third-order valence-corrected chi connectivity index (χ3v) is 4.71. The Morgan fingerprint density at radius 3 is 2.89 bits per heavy atom. The number of allylic oxidation sites excluding steroid dienone is 1. The van der Waals surface area contributed by atoms with Crippen LogP contribution in [-0.2, 0) is 0 Å². The number of nitrogens with zero attached hydrogens (tertiary/aromatic N) is 2. The van der Waals surface area contributed by atoms with Crippen molar-refractivity contribution in [2.45, 2.75) is 12.1 Å². The molecule has 5 nitrogen and oxygen atoms in total. The van der Waals surface area contributed by atoms with Crippen LogP contribution in [0.5, 0.6) is 11.5 Å². The van der Waals surface area contributed by atoms with Crippen LogP contribution >= 0.6 is 23.4 Å². The van der Waals surface area contributed by atoms with Gasteiger partial charge in [0.05, 0.1) is 27.6 Å². The zero-order valence-corrected chi connectivity index (χ0v) is 16.6. The van der Waals surface area contributed by atoms with Crippen LogP contribution in [0.15, 0.2) is 46.5 Å². The molecule has 1 aromatic heterocycles. The molecule has 3 aromatic rings. The van der Waals surface area contributed by atoms with Crippen molar-refractivity contribution >= 4 is 40.5 Å². The van der Waals surface area contributed by atoms with E-state index in [9.17, 15) is 5.26 Å². The van der Waals surface area contributed by atoms with Crippen molar-refractivity contribution in [3.8, 4) is 29.9 Å². The van der Waals surface area contributed by atoms with E-state index < -0.39 is 0 Å². The molecule has 0 atom stereocenters. The van der Waals surface area contributed by atoms with Crippen LogP contribution in [0.4, 0.5) is 0 Å². The van der Waals surface area contributed by atoms with Crippen LogP contribution in [0.3, 0.4) is 0 Å². The van der Waals surface area contributed by atoms with Gasteiger partial charge in [0.2, 0.25) is 0 Å². The van der Waals surface area contributed by atoms with Gasteiger partial charge in [-0.1, -0.05) is 29.7 Å². The number of nitriles is 1. The SMILES string of the molecule is C#CCOc1c(Cl)cc(/C=C(\C#N)Sc2nc3ccccc3[nH]2)cc1OCC. The quantitative estimate of drug-likeness (QED) is 0.326. The van der Waals surface area contributed by atoms with E-state index >= 15 is 0 Å². The third kappa shape index (κ3) is 4.61. The number of terminal acetylenes is 1. The van der Waals surface area contributed by atoms with Gasteiger partial charge in [0.15, 0.2) is 16.7 Å². The molecule has 2 aromatic carbocycles. The fraction of sp³-hybridized carbons (Fsp3) is 0.143. The van der Waals surface area contributed by atoms with Gasteiger partial charge in [-0.15, -0.1) is 6.42 Å². The van der Waals surface area contributed by atoms with Crippen LogP contribution in [0.25, 0.3) is 17.1 Å². The van der Waals surface area contributed by atoms with Gasteiger partial charge in [-0.05, 0) is 54.6 Å². The summed E-state index contributed by atoms with van der Waals surface area (Å²) in [6.45, 7) is 2.38. The molecule has 0 spiro atoms. The van der Waals surface area contributed by atoms with E-state index in [0.717, 1.165) is 11.0 Å². The highest BCUT2D eigenvalue weighted by molar-refractivity contribution is 8.03. The van der Waals surface area contributed by atoms with Gasteiger partial charge in [-0.3, -0.25) is 0 Å². The van der Waals surface area contributed by atoms with Crippen molar-refractivity contribution in [3.05, 3.63) is 51.9 Å². The van der Waals surface area contributed by atoms with E-state index in [1.54, 1.807) is 18.2 Å². The molecule has 0 fully saturated rings. The summed E-state index contributed by atoms with van der Waals surface area (Å²) >= 11 is 7.58. The average molecular weight is 410 g/mol. The zero-order chi connectivity index (χ0) is 19.9. The number of imidazole rings is 1. The summed E-state index contributed by atoms with van der Waals surface area (Å²) in [5.74, 6) is 3.27. The molecule has 0 saturated carbocycles. The molecule has 1 N–H and O–H groups in total. The summed E-state index contributed by atoms with van der Waals surface area (Å²) in [7, 11) is 0. The number of halogens is 1. The summed E-state index contributed by atoms with van der Waals surface area (Å²) in [5.41, 5.74) is 2.47. The predicted molar refractivity (Wildman–Crippen MR) is 112 cm³/mol. The molecule has 0 bridgehead atoms. The van der Waals surface area contributed by atoms with Crippen molar-refractivity contribution in [1.82, 2.24) is 9.97 Å². The smallest absolute Gasteiger partial charge is 0.181 e. The number of rotatable bonds is 7.